The first-order chi connectivity index (χ1) is 4.25. The molecule has 0 aromatic rings. The molecule has 0 aliphatic heterocycles. The van der Waals surface area contributed by atoms with Gasteiger partial charge in [0.05, 0.1) is 5.92 Å². The van der Waals surface area contributed by atoms with Crippen molar-refractivity contribution in [3.05, 3.63) is 0 Å². The van der Waals surface area contributed by atoms with Gasteiger partial charge < -0.3 is 5.11 Å². The van der Waals surface area contributed by atoms with Gasteiger partial charge in [-0.15, -0.1) is 5.92 Å². The highest BCUT2D eigenvalue weighted by Gasteiger charge is 2.41. The van der Waals surface area contributed by atoms with Crippen molar-refractivity contribution in [3.8, 4) is 11.8 Å². The zero-order valence-corrected chi connectivity index (χ0v) is 5.22. The lowest BCUT2D eigenvalue weighted by atomic mass is 10.3. The third kappa shape index (κ3) is 1.23. The first-order valence-corrected chi connectivity index (χ1v) is 2.90. The molecule has 2 atom stereocenters. The number of aliphatic carboxylic acids is 1. The Hall–Kier alpha value is -0.970. The predicted octanol–water partition coefficient (Wildman–Crippen LogP) is 0.730. The fraction of sp³-hybridized carbons (Fsp3) is 0.571. The number of carbonyl (C=O) groups is 1. The van der Waals surface area contributed by atoms with E-state index in [-0.39, 0.29) is 11.8 Å². The Bertz CT molecular complexity index is 185. The SMILES string of the molecule is CC#C[C@H]1C[C@@H]1C(=O)O. The van der Waals surface area contributed by atoms with E-state index in [9.17, 15) is 4.79 Å². The third-order valence-electron chi connectivity index (χ3n) is 1.44. The molecule has 0 bridgehead atoms. The summed E-state index contributed by atoms with van der Waals surface area (Å²) in [7, 11) is 0. The molecule has 1 rings (SSSR count). The van der Waals surface area contributed by atoms with Gasteiger partial charge in [0.15, 0.2) is 0 Å². The van der Waals surface area contributed by atoms with E-state index >= 15 is 0 Å². The highest BCUT2D eigenvalue weighted by molar-refractivity contribution is 5.74. The van der Waals surface area contributed by atoms with Crippen molar-refractivity contribution in [1.82, 2.24) is 0 Å². The summed E-state index contributed by atoms with van der Waals surface area (Å²) in [5.74, 6) is 4.79. The van der Waals surface area contributed by atoms with E-state index < -0.39 is 5.97 Å². The van der Waals surface area contributed by atoms with Crippen LogP contribution in [0.5, 0.6) is 0 Å². The molecule has 0 amide bonds. The van der Waals surface area contributed by atoms with Crippen LogP contribution in [0, 0.1) is 23.7 Å². The maximum atomic E-state index is 10.2. The summed E-state index contributed by atoms with van der Waals surface area (Å²) in [5.41, 5.74) is 0. The Labute approximate surface area is 53.9 Å². The molecule has 0 heterocycles. The van der Waals surface area contributed by atoms with Crippen LogP contribution in [0.25, 0.3) is 0 Å². The van der Waals surface area contributed by atoms with E-state index in [0.717, 1.165) is 6.42 Å². The van der Waals surface area contributed by atoms with Crippen LogP contribution in [0.15, 0.2) is 0 Å². The smallest absolute Gasteiger partial charge is 0.307 e. The van der Waals surface area contributed by atoms with Gasteiger partial charge in [-0.3, -0.25) is 4.79 Å². The van der Waals surface area contributed by atoms with Crippen LogP contribution in [0.4, 0.5) is 0 Å². The lowest BCUT2D eigenvalue weighted by Crippen LogP contribution is -1.97. The molecular weight excluding hydrogens is 116 g/mol. The topological polar surface area (TPSA) is 37.3 Å². The Morgan fingerprint density at radius 3 is 2.78 bits per heavy atom. The Morgan fingerprint density at radius 2 is 2.44 bits per heavy atom. The molecule has 0 radical (unpaired) electrons. The molecule has 0 unspecified atom stereocenters. The minimum Gasteiger partial charge on any atom is -0.481 e. The van der Waals surface area contributed by atoms with Crippen molar-refractivity contribution in [1.29, 1.82) is 0 Å². The van der Waals surface area contributed by atoms with Crippen LogP contribution in [0.2, 0.25) is 0 Å². The fourth-order valence-electron chi connectivity index (χ4n) is 0.813. The molecule has 1 N–H and O–H groups in total. The predicted molar refractivity (Wildman–Crippen MR) is 32.7 cm³/mol. The van der Waals surface area contributed by atoms with Crippen molar-refractivity contribution < 1.29 is 9.90 Å². The Morgan fingerprint density at radius 1 is 1.78 bits per heavy atom. The molecule has 0 aromatic heterocycles. The van der Waals surface area contributed by atoms with Crippen LogP contribution in [0.3, 0.4) is 0 Å². The van der Waals surface area contributed by atoms with E-state index in [2.05, 4.69) is 11.8 Å². The Balaban J connectivity index is 2.39. The first kappa shape index (κ1) is 6.15. The number of hydrogen-bond acceptors (Lipinski definition) is 1. The number of hydrogen-bond donors (Lipinski definition) is 1. The molecule has 48 valence electrons. The number of carboxylic acid groups (broad SMARTS) is 1. The van der Waals surface area contributed by atoms with Gasteiger partial charge in [-0.25, -0.2) is 0 Å². The molecule has 2 nitrogen and oxygen atoms in total. The van der Waals surface area contributed by atoms with E-state index in [0.29, 0.717) is 0 Å². The maximum absolute atomic E-state index is 10.2. The van der Waals surface area contributed by atoms with Gasteiger partial charge in [0.2, 0.25) is 0 Å². The van der Waals surface area contributed by atoms with E-state index in [1.165, 1.54) is 0 Å². The lowest BCUT2D eigenvalue weighted by Gasteiger charge is -1.80. The molecule has 1 saturated carbocycles. The fourth-order valence-corrected chi connectivity index (χ4v) is 0.813. The summed E-state index contributed by atoms with van der Waals surface area (Å²) in [5, 5.41) is 8.38. The molecule has 9 heavy (non-hydrogen) atoms. The van der Waals surface area contributed by atoms with Gasteiger partial charge >= 0.3 is 5.97 Å². The molecule has 0 spiro atoms. The minimum absolute atomic E-state index is 0.146. The van der Waals surface area contributed by atoms with Gasteiger partial charge in [-0.1, -0.05) is 5.92 Å². The second-order valence-corrected chi connectivity index (χ2v) is 2.18. The minimum atomic E-state index is -0.706. The largest absolute Gasteiger partial charge is 0.481 e. The van der Waals surface area contributed by atoms with E-state index in [1.54, 1.807) is 6.92 Å². The molecule has 1 fully saturated rings. The number of rotatable bonds is 1. The van der Waals surface area contributed by atoms with Crippen LogP contribution < -0.4 is 0 Å². The van der Waals surface area contributed by atoms with Gasteiger partial charge in [-0.05, 0) is 13.3 Å². The van der Waals surface area contributed by atoms with Crippen molar-refractivity contribution in [2.45, 2.75) is 13.3 Å². The van der Waals surface area contributed by atoms with Crippen molar-refractivity contribution in [2.24, 2.45) is 11.8 Å². The first-order valence-electron chi connectivity index (χ1n) is 2.90. The zero-order valence-electron chi connectivity index (χ0n) is 5.22. The quantitative estimate of drug-likeness (QED) is 0.523. The Kier molecular flexibility index (Phi) is 1.44. The van der Waals surface area contributed by atoms with Crippen LogP contribution in [-0.2, 0) is 4.79 Å². The third-order valence-corrected chi connectivity index (χ3v) is 1.44. The highest BCUT2D eigenvalue weighted by atomic mass is 16.4. The van der Waals surface area contributed by atoms with Gasteiger partial charge in [0, 0.05) is 5.92 Å². The van der Waals surface area contributed by atoms with E-state index in [4.69, 9.17) is 5.11 Å². The van der Waals surface area contributed by atoms with Crippen LogP contribution in [-0.4, -0.2) is 11.1 Å². The van der Waals surface area contributed by atoms with Crippen LogP contribution in [0.1, 0.15) is 13.3 Å². The van der Waals surface area contributed by atoms with Crippen molar-refractivity contribution >= 4 is 5.97 Å². The molecular formula is C7H8O2. The summed E-state index contributed by atoms with van der Waals surface area (Å²) >= 11 is 0. The molecule has 0 aromatic carbocycles. The standard InChI is InChI=1S/C7H8O2/c1-2-3-5-4-6(5)7(8)9/h5-6H,4H2,1H3,(H,8,9)/t5-,6-/m0/s1. The molecule has 1 aliphatic rings. The normalized spacial score (nSPS) is 30.3. The van der Waals surface area contributed by atoms with Gasteiger partial charge in [-0.2, -0.15) is 0 Å². The highest BCUT2D eigenvalue weighted by Crippen LogP contribution is 2.37. The maximum Gasteiger partial charge on any atom is 0.307 e. The monoisotopic (exact) mass is 124 g/mol. The van der Waals surface area contributed by atoms with Gasteiger partial charge in [0.1, 0.15) is 0 Å². The molecule has 0 saturated heterocycles. The lowest BCUT2D eigenvalue weighted by molar-refractivity contribution is -0.138. The van der Waals surface area contributed by atoms with Crippen molar-refractivity contribution in [2.75, 3.05) is 0 Å². The summed E-state index contributed by atoms with van der Waals surface area (Å²) < 4.78 is 0. The van der Waals surface area contributed by atoms with E-state index in [1.807, 2.05) is 0 Å². The summed E-state index contributed by atoms with van der Waals surface area (Å²) in [4.78, 5) is 10.2. The molecule has 2 heteroatoms. The summed E-state index contributed by atoms with van der Waals surface area (Å²) in [6.07, 6.45) is 0.746. The van der Waals surface area contributed by atoms with Crippen molar-refractivity contribution in [3.63, 3.8) is 0 Å². The average molecular weight is 124 g/mol. The average Bonchev–Trinajstić information content (AvgIpc) is 2.47. The summed E-state index contributed by atoms with van der Waals surface area (Å²) in [6.45, 7) is 1.73. The van der Waals surface area contributed by atoms with Crippen LogP contribution >= 0.6 is 0 Å². The number of carboxylic acids is 1. The summed E-state index contributed by atoms with van der Waals surface area (Å²) in [6, 6.07) is 0. The zero-order chi connectivity index (χ0) is 6.85. The second-order valence-electron chi connectivity index (χ2n) is 2.18. The molecule has 1 aliphatic carbocycles. The van der Waals surface area contributed by atoms with Gasteiger partial charge in [0.25, 0.3) is 0 Å². The second kappa shape index (κ2) is 2.10.